The van der Waals surface area contributed by atoms with Crippen LogP contribution in [-0.4, -0.2) is 50.4 Å². The lowest BCUT2D eigenvalue weighted by Gasteiger charge is -2.34. The molecule has 4 rings (SSSR count). The Morgan fingerprint density at radius 3 is 2.21 bits per heavy atom. The second kappa shape index (κ2) is 14.9. The smallest absolute Gasteiger partial charge is 0.264 e. The quantitative estimate of drug-likeness (QED) is 0.244. The highest BCUT2D eigenvalue weighted by Gasteiger charge is 2.34. The van der Waals surface area contributed by atoms with E-state index in [4.69, 9.17) is 27.9 Å². The summed E-state index contributed by atoms with van der Waals surface area (Å²) in [6.45, 7) is 3.03. The van der Waals surface area contributed by atoms with Crippen LogP contribution in [0.3, 0.4) is 0 Å². The zero-order valence-electron chi connectivity index (χ0n) is 24.3. The molecule has 1 aliphatic carbocycles. The van der Waals surface area contributed by atoms with Crippen LogP contribution in [0.25, 0.3) is 0 Å². The van der Waals surface area contributed by atoms with E-state index in [0.717, 1.165) is 36.4 Å². The number of sulfonamides is 1. The van der Waals surface area contributed by atoms with Crippen molar-refractivity contribution >= 4 is 50.7 Å². The van der Waals surface area contributed by atoms with Gasteiger partial charge in [-0.05, 0) is 63.1 Å². The van der Waals surface area contributed by atoms with Gasteiger partial charge >= 0.3 is 0 Å². The second-order valence-corrected chi connectivity index (χ2v) is 13.1. The summed E-state index contributed by atoms with van der Waals surface area (Å²) in [6.07, 6.45) is 4.94. The number of carbonyl (C=O) groups is 2. The molecule has 8 nitrogen and oxygen atoms in total. The van der Waals surface area contributed by atoms with Crippen LogP contribution in [0.5, 0.6) is 5.75 Å². The summed E-state index contributed by atoms with van der Waals surface area (Å²) in [5, 5.41) is 3.75. The molecule has 0 aliphatic heterocycles. The Morgan fingerprint density at radius 2 is 1.56 bits per heavy atom. The van der Waals surface area contributed by atoms with Crippen molar-refractivity contribution in [2.75, 3.05) is 17.5 Å². The van der Waals surface area contributed by atoms with Crippen molar-refractivity contribution in [1.29, 1.82) is 0 Å². The van der Waals surface area contributed by atoms with E-state index in [9.17, 15) is 18.0 Å². The summed E-state index contributed by atoms with van der Waals surface area (Å²) >= 11 is 13.0. The van der Waals surface area contributed by atoms with Gasteiger partial charge in [-0.25, -0.2) is 8.42 Å². The van der Waals surface area contributed by atoms with Crippen molar-refractivity contribution in [1.82, 2.24) is 10.2 Å². The van der Waals surface area contributed by atoms with Gasteiger partial charge in [0, 0.05) is 28.2 Å². The first-order valence-corrected chi connectivity index (χ1v) is 16.7. The van der Waals surface area contributed by atoms with Crippen molar-refractivity contribution < 1.29 is 22.7 Å². The summed E-state index contributed by atoms with van der Waals surface area (Å²) in [7, 11) is -4.23. The normalized spacial score (nSPS) is 14.5. The van der Waals surface area contributed by atoms with Crippen LogP contribution >= 0.6 is 23.2 Å². The zero-order valence-corrected chi connectivity index (χ0v) is 26.7. The van der Waals surface area contributed by atoms with Crippen molar-refractivity contribution in [3.8, 4) is 5.75 Å². The Kier molecular flexibility index (Phi) is 11.3. The molecule has 0 bridgehead atoms. The van der Waals surface area contributed by atoms with Gasteiger partial charge in [0.1, 0.15) is 18.3 Å². The average molecular weight is 647 g/mol. The van der Waals surface area contributed by atoms with Gasteiger partial charge < -0.3 is 15.0 Å². The maximum atomic E-state index is 14.3. The Bertz CT molecular complexity index is 1490. The van der Waals surface area contributed by atoms with E-state index in [0.29, 0.717) is 28.0 Å². The fraction of sp³-hybridized carbons (Fsp3) is 0.375. The monoisotopic (exact) mass is 645 g/mol. The Labute approximate surface area is 264 Å². The lowest BCUT2D eigenvalue weighted by Crippen LogP contribution is -2.53. The number of amides is 2. The van der Waals surface area contributed by atoms with Gasteiger partial charge in [-0.15, -0.1) is 0 Å². The van der Waals surface area contributed by atoms with Crippen LogP contribution < -0.4 is 14.4 Å². The van der Waals surface area contributed by atoms with Crippen LogP contribution in [0.1, 0.15) is 51.5 Å². The molecule has 1 fully saturated rings. The number of ether oxygens (including phenoxy) is 1. The van der Waals surface area contributed by atoms with Crippen LogP contribution in [0.2, 0.25) is 10.0 Å². The number of nitrogens with one attached hydrogen (secondary N) is 1. The van der Waals surface area contributed by atoms with Crippen LogP contribution in [0, 0.1) is 0 Å². The molecule has 3 aromatic rings. The predicted molar refractivity (Wildman–Crippen MR) is 170 cm³/mol. The molecule has 1 atom stereocenters. The SMILES string of the molecule is CCOc1ccccc1N(CC(=O)N(Cc1c(Cl)cccc1Cl)C(C)C(=O)NC1CCCCC1)S(=O)(=O)c1ccccc1. The number of carbonyl (C=O) groups excluding carboxylic acids is 2. The fourth-order valence-electron chi connectivity index (χ4n) is 5.18. The number of benzene rings is 3. The van der Waals surface area contributed by atoms with Crippen molar-refractivity contribution in [3.05, 3.63) is 88.4 Å². The third-order valence-electron chi connectivity index (χ3n) is 7.55. The molecule has 43 heavy (non-hydrogen) atoms. The number of hydrogen-bond acceptors (Lipinski definition) is 5. The number of hydrogen-bond donors (Lipinski definition) is 1. The Morgan fingerprint density at radius 1 is 0.930 bits per heavy atom. The van der Waals surface area contributed by atoms with E-state index in [1.165, 1.54) is 17.0 Å². The van der Waals surface area contributed by atoms with Crippen LogP contribution in [0.15, 0.2) is 77.7 Å². The highest BCUT2D eigenvalue weighted by atomic mass is 35.5. The van der Waals surface area contributed by atoms with Gasteiger partial charge in [0.25, 0.3) is 10.0 Å². The van der Waals surface area contributed by atoms with E-state index in [-0.39, 0.29) is 29.1 Å². The molecule has 1 saturated carbocycles. The fourth-order valence-corrected chi connectivity index (χ4v) is 7.14. The predicted octanol–water partition coefficient (Wildman–Crippen LogP) is 6.45. The second-order valence-electron chi connectivity index (χ2n) is 10.5. The molecule has 1 N–H and O–H groups in total. The van der Waals surface area contributed by atoms with E-state index < -0.39 is 28.5 Å². The molecule has 1 unspecified atom stereocenters. The minimum atomic E-state index is -4.23. The number of rotatable bonds is 12. The summed E-state index contributed by atoms with van der Waals surface area (Å²) in [5.74, 6) is -0.621. The van der Waals surface area contributed by atoms with Gasteiger partial charge in [0.15, 0.2) is 0 Å². The molecular weight excluding hydrogens is 609 g/mol. The molecule has 1 aliphatic rings. The zero-order chi connectivity index (χ0) is 31.0. The van der Waals surface area contributed by atoms with E-state index in [1.54, 1.807) is 74.5 Å². The van der Waals surface area contributed by atoms with Gasteiger partial charge in [-0.1, -0.05) is 78.9 Å². The topological polar surface area (TPSA) is 96.0 Å². The third kappa shape index (κ3) is 8.02. The Balaban J connectivity index is 1.74. The number of halogens is 2. The molecule has 0 radical (unpaired) electrons. The number of para-hydroxylation sites is 2. The molecule has 2 amide bonds. The van der Waals surface area contributed by atoms with Gasteiger partial charge in [-0.2, -0.15) is 0 Å². The highest BCUT2D eigenvalue weighted by Crippen LogP contribution is 2.33. The minimum absolute atomic E-state index is 0.0119. The maximum Gasteiger partial charge on any atom is 0.264 e. The van der Waals surface area contributed by atoms with Crippen molar-refractivity contribution in [3.63, 3.8) is 0 Å². The summed E-state index contributed by atoms with van der Waals surface area (Å²) < 4.78 is 34.9. The molecule has 0 saturated heterocycles. The third-order valence-corrected chi connectivity index (χ3v) is 10.0. The summed E-state index contributed by atoms with van der Waals surface area (Å²) in [5.41, 5.74) is 0.667. The average Bonchev–Trinajstić information content (AvgIpc) is 3.01. The van der Waals surface area contributed by atoms with E-state index >= 15 is 0 Å². The van der Waals surface area contributed by atoms with E-state index in [1.807, 2.05) is 0 Å². The van der Waals surface area contributed by atoms with Crippen molar-refractivity contribution in [2.24, 2.45) is 0 Å². The van der Waals surface area contributed by atoms with Gasteiger partial charge in [0.2, 0.25) is 11.8 Å². The lowest BCUT2D eigenvalue weighted by atomic mass is 9.95. The lowest BCUT2D eigenvalue weighted by molar-refractivity contribution is -0.139. The van der Waals surface area contributed by atoms with Gasteiger partial charge in [0.05, 0.1) is 17.2 Å². The molecule has 0 heterocycles. The molecule has 11 heteroatoms. The first kappa shape index (κ1) is 32.6. The molecule has 0 aromatic heterocycles. The van der Waals surface area contributed by atoms with Crippen LogP contribution in [-0.2, 0) is 26.2 Å². The minimum Gasteiger partial charge on any atom is -0.492 e. The molecule has 0 spiro atoms. The largest absolute Gasteiger partial charge is 0.492 e. The maximum absolute atomic E-state index is 14.3. The standard InChI is InChI=1S/C32H37Cl2N3O5S/c1-3-42-30-20-11-10-19-29(30)37(43(40,41)25-15-8-5-9-16-25)22-31(38)36(21-26-27(33)17-12-18-28(26)34)23(2)32(39)35-24-13-6-4-7-14-24/h5,8-12,15-20,23-24H,3-4,6-7,13-14,21-22H2,1-2H3,(H,35,39). The summed E-state index contributed by atoms with van der Waals surface area (Å²) in [4.78, 5) is 29.1. The first-order chi connectivity index (χ1) is 20.6. The highest BCUT2D eigenvalue weighted by molar-refractivity contribution is 7.92. The van der Waals surface area contributed by atoms with E-state index in [2.05, 4.69) is 5.32 Å². The van der Waals surface area contributed by atoms with Gasteiger partial charge in [-0.3, -0.25) is 13.9 Å². The van der Waals surface area contributed by atoms with Crippen LogP contribution in [0.4, 0.5) is 5.69 Å². The number of nitrogens with zero attached hydrogens (tertiary/aromatic N) is 2. The summed E-state index contributed by atoms with van der Waals surface area (Å²) in [6, 6.07) is 18.6. The van der Waals surface area contributed by atoms with Crippen molar-refractivity contribution in [2.45, 2.75) is 69.5 Å². The molecule has 230 valence electrons. The molecule has 3 aromatic carbocycles. The number of anilines is 1. The Hall–Kier alpha value is -3.27. The molecular formula is C32H37Cl2N3O5S. The first-order valence-electron chi connectivity index (χ1n) is 14.5.